The van der Waals surface area contributed by atoms with Gasteiger partial charge in [-0.15, -0.1) is 0 Å². The van der Waals surface area contributed by atoms with Gasteiger partial charge in [0.25, 0.3) is 0 Å². The van der Waals surface area contributed by atoms with Crippen molar-refractivity contribution in [2.45, 2.75) is 25.3 Å². The maximum Gasteiger partial charge on any atom is 1.00 e. The smallest absolute Gasteiger partial charge is 1.00 e. The van der Waals surface area contributed by atoms with E-state index in [-0.39, 0.29) is 71.3 Å². The fourth-order valence-corrected chi connectivity index (χ4v) is 3.89. The third-order valence-electron chi connectivity index (χ3n) is 3.65. The van der Waals surface area contributed by atoms with Gasteiger partial charge in [-0.05, 0) is 25.0 Å². The molecule has 1 amide bonds. The number of aliphatic carboxylic acids is 1. The van der Waals surface area contributed by atoms with E-state index in [0.717, 1.165) is 0 Å². The first kappa shape index (κ1) is 20.0. The number of hydrogen-bond donors (Lipinski definition) is 2. The number of benzene rings is 1. The van der Waals surface area contributed by atoms with Crippen molar-refractivity contribution in [2.75, 3.05) is 12.7 Å². The summed E-state index contributed by atoms with van der Waals surface area (Å²) in [5.41, 5.74) is 0. The van der Waals surface area contributed by atoms with Gasteiger partial charge in [0.15, 0.2) is 0 Å². The van der Waals surface area contributed by atoms with Crippen LogP contribution in [0.1, 0.15) is 20.7 Å². The van der Waals surface area contributed by atoms with Gasteiger partial charge in [-0.25, -0.2) is 4.79 Å². The molecule has 8 heteroatoms. The number of carbonyl (C=O) groups excluding carboxylic acids is 1. The van der Waals surface area contributed by atoms with E-state index in [1.54, 1.807) is 30.3 Å². The van der Waals surface area contributed by atoms with Crippen LogP contribution in [0.25, 0.3) is 0 Å². The van der Waals surface area contributed by atoms with Crippen molar-refractivity contribution in [3.05, 3.63) is 30.3 Å². The molecule has 1 heterocycles. The van der Waals surface area contributed by atoms with Crippen LogP contribution in [-0.4, -0.2) is 45.5 Å². The predicted molar refractivity (Wildman–Crippen MR) is 78.9 cm³/mol. The van der Waals surface area contributed by atoms with Crippen LogP contribution < -0.4 is 56.7 Å². The van der Waals surface area contributed by atoms with Crippen LogP contribution in [0.5, 0.6) is 0 Å². The Morgan fingerprint density at radius 3 is 2.55 bits per heavy atom. The fraction of sp³-hybridized carbons (Fsp3) is 0.429. The Balaban J connectivity index is 0.00000242. The molecule has 2 atom stereocenters. The van der Waals surface area contributed by atoms with E-state index in [2.05, 4.69) is 0 Å². The molecule has 0 saturated carbocycles. The number of likely N-dealkylation sites (tertiary alicyclic amines) is 1. The summed E-state index contributed by atoms with van der Waals surface area (Å²) in [6.45, 7) is 0.400. The molecule has 1 aromatic rings. The van der Waals surface area contributed by atoms with Gasteiger partial charge in [0.2, 0.25) is 13.3 Å². The van der Waals surface area contributed by atoms with Crippen molar-refractivity contribution >= 4 is 24.5 Å². The maximum atomic E-state index is 12.2. The van der Waals surface area contributed by atoms with Gasteiger partial charge in [0, 0.05) is 24.4 Å². The molecule has 0 aromatic heterocycles. The van der Waals surface area contributed by atoms with Gasteiger partial charge in [-0.2, -0.15) is 0 Å². The minimum Gasteiger partial charge on any atom is -1.00 e. The monoisotopic (exact) mass is 351 g/mol. The number of carboxylic acids is 1. The zero-order valence-corrected chi connectivity index (χ0v) is 16.5. The Morgan fingerprint density at radius 1 is 1.32 bits per heavy atom. The van der Waals surface area contributed by atoms with Crippen LogP contribution in [0.4, 0.5) is 0 Å². The van der Waals surface area contributed by atoms with Gasteiger partial charge >= 0.3 is 57.4 Å². The predicted octanol–water partition coefficient (Wildman–Crippen LogP) is -1.84. The quantitative estimate of drug-likeness (QED) is 0.480. The van der Waals surface area contributed by atoms with Crippen molar-refractivity contribution in [1.29, 1.82) is 0 Å². The standard InChI is InChI=1S/C14H18NO5P.K.H/c16-13(15-9-4-7-12(15)14(17)18)8-10-21(19,20)11-5-2-1-3-6-11;;/h1-3,5-6,12H,4,7-10H2,(H,17,18)(H,19,20);;/q;+1;-1/t12-;;/m0../s1. The average Bonchev–Trinajstić information content (AvgIpc) is 2.95. The van der Waals surface area contributed by atoms with Crippen molar-refractivity contribution in [3.8, 4) is 0 Å². The molecule has 1 aliphatic rings. The number of rotatable bonds is 5. The van der Waals surface area contributed by atoms with E-state index in [0.29, 0.717) is 24.7 Å². The van der Waals surface area contributed by atoms with Gasteiger partial charge < -0.3 is 16.3 Å². The molecule has 1 saturated heterocycles. The molecule has 1 aliphatic heterocycles. The Labute approximate surface area is 173 Å². The zero-order chi connectivity index (χ0) is 15.5. The molecule has 2 N–H and O–H groups in total. The zero-order valence-electron chi connectivity index (χ0n) is 13.5. The molecule has 0 bridgehead atoms. The van der Waals surface area contributed by atoms with Crippen LogP contribution in [0, 0.1) is 0 Å². The molecule has 6 nitrogen and oxygen atoms in total. The Bertz CT molecular complexity index is 586. The van der Waals surface area contributed by atoms with E-state index >= 15 is 0 Å². The van der Waals surface area contributed by atoms with E-state index in [4.69, 9.17) is 5.11 Å². The molecule has 1 aromatic carbocycles. The molecule has 116 valence electrons. The van der Waals surface area contributed by atoms with Crippen molar-refractivity contribution in [3.63, 3.8) is 0 Å². The summed E-state index contributed by atoms with van der Waals surface area (Å²) < 4.78 is 12.2. The minimum absolute atomic E-state index is 0. The van der Waals surface area contributed by atoms with Crippen molar-refractivity contribution < 1.29 is 77.0 Å². The van der Waals surface area contributed by atoms with Crippen LogP contribution in [-0.2, 0) is 14.2 Å². The number of carbonyl (C=O) groups is 2. The largest absolute Gasteiger partial charge is 1.00 e. The fourth-order valence-electron chi connectivity index (χ4n) is 2.50. The summed E-state index contributed by atoms with van der Waals surface area (Å²) in [6, 6.07) is 7.40. The normalized spacial score (nSPS) is 20.0. The number of carboxylic acid groups (broad SMARTS) is 1. The SMILES string of the molecule is O=C(O)[C@@H]1CCCN1C(=O)CCP(=O)(O)c1ccccc1.[H-].[K+]. The summed E-state index contributed by atoms with van der Waals surface area (Å²) in [6.07, 6.45) is 0.805. The molecular weight excluding hydrogens is 332 g/mol. The van der Waals surface area contributed by atoms with Gasteiger partial charge in [-0.1, -0.05) is 18.2 Å². The topological polar surface area (TPSA) is 94.9 Å². The second kappa shape index (κ2) is 8.73. The summed E-state index contributed by atoms with van der Waals surface area (Å²) in [7, 11) is -3.58. The molecule has 0 aliphatic carbocycles. The molecule has 1 fully saturated rings. The Hall–Kier alpha value is -0.0136. The summed E-state index contributed by atoms with van der Waals surface area (Å²) >= 11 is 0. The second-order valence-corrected chi connectivity index (χ2v) is 7.46. The third kappa shape index (κ3) is 4.99. The van der Waals surface area contributed by atoms with Crippen LogP contribution in [0.2, 0.25) is 0 Å². The molecule has 2 rings (SSSR count). The maximum absolute atomic E-state index is 12.2. The first-order valence-electron chi connectivity index (χ1n) is 6.81. The molecule has 0 spiro atoms. The Morgan fingerprint density at radius 2 is 1.95 bits per heavy atom. The minimum atomic E-state index is -3.58. The summed E-state index contributed by atoms with van der Waals surface area (Å²) in [4.78, 5) is 34.4. The summed E-state index contributed by atoms with van der Waals surface area (Å²) in [5.74, 6) is -1.39. The Kier molecular flexibility index (Phi) is 7.95. The molecule has 1 unspecified atom stereocenters. The molecular formula is C14H19KNO5P. The van der Waals surface area contributed by atoms with E-state index < -0.39 is 19.4 Å². The van der Waals surface area contributed by atoms with E-state index in [9.17, 15) is 19.0 Å². The molecule has 0 radical (unpaired) electrons. The van der Waals surface area contributed by atoms with E-state index in [1.165, 1.54) is 4.90 Å². The second-order valence-electron chi connectivity index (χ2n) is 5.09. The third-order valence-corrected chi connectivity index (χ3v) is 5.58. The van der Waals surface area contributed by atoms with Crippen molar-refractivity contribution in [2.24, 2.45) is 0 Å². The van der Waals surface area contributed by atoms with Gasteiger partial charge in [-0.3, -0.25) is 9.36 Å². The molecule has 22 heavy (non-hydrogen) atoms. The number of nitrogens with zero attached hydrogens (tertiary/aromatic N) is 1. The summed E-state index contributed by atoms with van der Waals surface area (Å²) in [5, 5.41) is 9.35. The van der Waals surface area contributed by atoms with Crippen LogP contribution in [0.3, 0.4) is 0 Å². The van der Waals surface area contributed by atoms with Gasteiger partial charge in [0.1, 0.15) is 6.04 Å². The first-order chi connectivity index (χ1) is 9.92. The number of hydrogen-bond acceptors (Lipinski definition) is 3. The van der Waals surface area contributed by atoms with Crippen molar-refractivity contribution in [1.82, 2.24) is 4.90 Å². The van der Waals surface area contributed by atoms with Gasteiger partial charge in [0.05, 0.1) is 0 Å². The van der Waals surface area contributed by atoms with Crippen LogP contribution >= 0.6 is 7.37 Å². The average molecular weight is 351 g/mol. The van der Waals surface area contributed by atoms with E-state index in [1.807, 2.05) is 0 Å². The van der Waals surface area contributed by atoms with Crippen LogP contribution in [0.15, 0.2) is 30.3 Å². The number of amides is 1. The first-order valence-corrected chi connectivity index (χ1v) is 8.66.